The van der Waals surface area contributed by atoms with Crippen LogP contribution in [0.4, 0.5) is 0 Å². The summed E-state index contributed by atoms with van der Waals surface area (Å²) in [6, 6.07) is 0. The molecule has 0 fully saturated rings. The molecule has 0 aliphatic carbocycles. The van der Waals surface area contributed by atoms with E-state index in [0.717, 1.165) is 12.8 Å². The van der Waals surface area contributed by atoms with Crippen molar-refractivity contribution in [2.75, 3.05) is 152 Å². The minimum absolute atomic E-state index is 0.141. The highest BCUT2D eigenvalue weighted by molar-refractivity contribution is 5.70. The molecule has 0 atom stereocenters. The van der Waals surface area contributed by atoms with Gasteiger partial charge in [0.15, 0.2) is 0 Å². The van der Waals surface area contributed by atoms with Gasteiger partial charge in [0.1, 0.15) is 12.2 Å². The number of carbonyl (C=O) groups is 2. The molecule has 0 aromatic carbocycles. The molecule has 0 bridgehead atoms. The van der Waals surface area contributed by atoms with Crippen LogP contribution in [-0.4, -0.2) is 169 Å². The second-order valence-corrected chi connectivity index (χ2v) is 13.9. The Labute approximate surface area is 338 Å². The lowest BCUT2D eigenvalue weighted by Gasteiger charge is -2.19. The van der Waals surface area contributed by atoms with Gasteiger partial charge in [0.05, 0.1) is 152 Å². The van der Waals surface area contributed by atoms with E-state index in [4.69, 9.17) is 61.6 Å². The third-order valence-corrected chi connectivity index (χ3v) is 7.57. The van der Waals surface area contributed by atoms with Gasteiger partial charge in [-0.05, 0) is 27.2 Å². The molecular formula is C41H80O15. The summed E-state index contributed by atoms with van der Waals surface area (Å²) in [5.74, 6) is -0.408. The predicted octanol–water partition coefficient (Wildman–Crippen LogP) is 5.36. The van der Waals surface area contributed by atoms with E-state index in [1.807, 2.05) is 20.8 Å². The molecule has 0 aromatic rings. The Morgan fingerprint density at radius 2 is 0.589 bits per heavy atom. The van der Waals surface area contributed by atoms with Crippen LogP contribution in [0.1, 0.15) is 98.3 Å². The average molecular weight is 813 g/mol. The van der Waals surface area contributed by atoms with Gasteiger partial charge in [-0.25, -0.2) is 0 Å². The fraction of sp³-hybridized carbons (Fsp3) is 0.951. The van der Waals surface area contributed by atoms with Crippen LogP contribution in [0.2, 0.25) is 0 Å². The molecule has 0 unspecified atom stereocenters. The molecule has 0 aromatic heterocycles. The SMILES string of the molecule is CCCCCCCCCCCC(=O)OCCOCCOCCOCCOCCOCCOCCOCCOCCOCCOCCOCCC(=O)OC(C)(C)C. The Kier molecular flexibility index (Phi) is 43.4. The largest absolute Gasteiger partial charge is 0.463 e. The second-order valence-electron chi connectivity index (χ2n) is 13.9. The lowest BCUT2D eigenvalue weighted by atomic mass is 10.1. The highest BCUT2D eigenvalue weighted by Gasteiger charge is 2.15. The Bertz CT molecular complexity index is 812. The third-order valence-electron chi connectivity index (χ3n) is 7.57. The van der Waals surface area contributed by atoms with E-state index in [1.54, 1.807) is 0 Å². The molecule has 0 N–H and O–H groups in total. The molecule has 0 aliphatic rings. The fourth-order valence-corrected chi connectivity index (χ4v) is 4.72. The lowest BCUT2D eigenvalue weighted by Crippen LogP contribution is -2.24. The molecule has 0 saturated carbocycles. The van der Waals surface area contributed by atoms with Crippen molar-refractivity contribution in [2.24, 2.45) is 0 Å². The number of rotatable bonds is 46. The van der Waals surface area contributed by atoms with Gasteiger partial charge in [-0.15, -0.1) is 0 Å². The van der Waals surface area contributed by atoms with E-state index >= 15 is 0 Å². The van der Waals surface area contributed by atoms with E-state index in [2.05, 4.69) is 6.92 Å². The first-order valence-corrected chi connectivity index (χ1v) is 21.1. The summed E-state index contributed by atoms with van der Waals surface area (Å²) in [6.45, 7) is 18.2. The normalized spacial score (nSPS) is 11.7. The molecule has 0 amide bonds. The zero-order valence-electron chi connectivity index (χ0n) is 35.7. The van der Waals surface area contributed by atoms with Gasteiger partial charge in [-0.1, -0.05) is 58.3 Å². The van der Waals surface area contributed by atoms with Crippen LogP contribution in [0.5, 0.6) is 0 Å². The van der Waals surface area contributed by atoms with Crippen LogP contribution in [0.25, 0.3) is 0 Å². The number of esters is 2. The molecular weight excluding hydrogens is 732 g/mol. The topological polar surface area (TPSA) is 154 Å². The van der Waals surface area contributed by atoms with Gasteiger partial charge in [0.25, 0.3) is 0 Å². The summed E-state index contributed by atoms with van der Waals surface area (Å²) in [5, 5.41) is 0. The Morgan fingerprint density at radius 1 is 0.321 bits per heavy atom. The molecule has 56 heavy (non-hydrogen) atoms. The van der Waals surface area contributed by atoms with Gasteiger partial charge < -0.3 is 61.6 Å². The van der Waals surface area contributed by atoms with E-state index in [1.165, 1.54) is 44.9 Å². The summed E-state index contributed by atoms with van der Waals surface area (Å²) >= 11 is 0. The first kappa shape index (κ1) is 54.5. The van der Waals surface area contributed by atoms with Crippen LogP contribution in [0.3, 0.4) is 0 Å². The highest BCUT2D eigenvalue weighted by atomic mass is 16.6. The zero-order chi connectivity index (χ0) is 40.9. The number of ether oxygens (including phenoxy) is 13. The van der Waals surface area contributed by atoms with Gasteiger partial charge in [0, 0.05) is 6.42 Å². The van der Waals surface area contributed by atoms with Crippen LogP contribution in [0, 0.1) is 0 Å². The summed E-state index contributed by atoms with van der Waals surface area (Å²) in [5.41, 5.74) is -0.477. The Balaban J connectivity index is 3.14. The van der Waals surface area contributed by atoms with E-state index in [0.29, 0.717) is 152 Å². The lowest BCUT2D eigenvalue weighted by molar-refractivity contribution is -0.156. The van der Waals surface area contributed by atoms with Gasteiger partial charge in [0.2, 0.25) is 0 Å². The minimum atomic E-state index is -0.477. The maximum atomic E-state index is 11.8. The predicted molar refractivity (Wildman–Crippen MR) is 212 cm³/mol. The summed E-state index contributed by atoms with van der Waals surface area (Å²) < 4.78 is 70.6. The molecule has 0 aliphatic heterocycles. The van der Waals surface area contributed by atoms with Gasteiger partial charge in [-0.2, -0.15) is 0 Å². The van der Waals surface area contributed by atoms with Gasteiger partial charge in [-0.3, -0.25) is 9.59 Å². The molecule has 15 heteroatoms. The van der Waals surface area contributed by atoms with Crippen LogP contribution in [0.15, 0.2) is 0 Å². The maximum Gasteiger partial charge on any atom is 0.308 e. The molecule has 15 nitrogen and oxygen atoms in total. The molecule has 0 spiro atoms. The smallest absolute Gasteiger partial charge is 0.308 e. The minimum Gasteiger partial charge on any atom is -0.463 e. The Morgan fingerprint density at radius 3 is 0.893 bits per heavy atom. The van der Waals surface area contributed by atoms with Crippen molar-refractivity contribution in [1.82, 2.24) is 0 Å². The van der Waals surface area contributed by atoms with Crippen molar-refractivity contribution in [3.8, 4) is 0 Å². The molecule has 0 rings (SSSR count). The van der Waals surface area contributed by atoms with Crippen molar-refractivity contribution in [3.05, 3.63) is 0 Å². The quantitative estimate of drug-likeness (QED) is 0.0572. The monoisotopic (exact) mass is 813 g/mol. The molecule has 0 radical (unpaired) electrons. The van der Waals surface area contributed by atoms with Crippen molar-refractivity contribution in [2.45, 2.75) is 104 Å². The van der Waals surface area contributed by atoms with Crippen molar-refractivity contribution in [3.63, 3.8) is 0 Å². The maximum absolute atomic E-state index is 11.8. The highest BCUT2D eigenvalue weighted by Crippen LogP contribution is 2.11. The average Bonchev–Trinajstić information content (AvgIpc) is 3.16. The zero-order valence-corrected chi connectivity index (χ0v) is 35.7. The summed E-state index contributed by atoms with van der Waals surface area (Å²) in [4.78, 5) is 23.4. The van der Waals surface area contributed by atoms with E-state index < -0.39 is 5.60 Å². The van der Waals surface area contributed by atoms with Crippen molar-refractivity contribution in [1.29, 1.82) is 0 Å². The standard InChI is InChI=1S/C41H80O15/c1-5-6-7-8-9-10-11-12-13-14-39(42)55-38-37-54-36-35-53-34-33-52-32-31-51-30-29-50-28-27-49-26-25-48-24-23-47-22-21-46-20-19-45-18-17-44-16-15-40(43)56-41(2,3)4/h5-38H2,1-4H3. The summed E-state index contributed by atoms with van der Waals surface area (Å²) in [6.07, 6.45) is 11.8. The number of hydrogen-bond donors (Lipinski definition) is 0. The third kappa shape index (κ3) is 48.6. The molecule has 334 valence electrons. The first-order valence-electron chi connectivity index (χ1n) is 21.1. The van der Waals surface area contributed by atoms with Crippen LogP contribution in [-0.2, 0) is 71.2 Å². The van der Waals surface area contributed by atoms with Crippen molar-refractivity contribution >= 4 is 11.9 Å². The second kappa shape index (κ2) is 44.6. The number of carbonyl (C=O) groups excluding carboxylic acids is 2. The Hall–Kier alpha value is -1.50. The molecule has 0 saturated heterocycles. The number of unbranched alkanes of at least 4 members (excludes halogenated alkanes) is 8. The van der Waals surface area contributed by atoms with E-state index in [9.17, 15) is 9.59 Å². The van der Waals surface area contributed by atoms with Crippen LogP contribution < -0.4 is 0 Å². The van der Waals surface area contributed by atoms with E-state index in [-0.39, 0.29) is 25.0 Å². The van der Waals surface area contributed by atoms with Crippen LogP contribution >= 0.6 is 0 Å². The van der Waals surface area contributed by atoms with Gasteiger partial charge >= 0.3 is 11.9 Å². The summed E-state index contributed by atoms with van der Waals surface area (Å²) in [7, 11) is 0. The number of hydrogen-bond acceptors (Lipinski definition) is 15. The molecule has 0 heterocycles. The first-order chi connectivity index (χ1) is 27.3. The van der Waals surface area contributed by atoms with Crippen molar-refractivity contribution < 1.29 is 71.2 Å². The fourth-order valence-electron chi connectivity index (χ4n) is 4.72.